The molecule has 0 N–H and O–H groups in total. The predicted octanol–water partition coefficient (Wildman–Crippen LogP) is 12.3. The molecule has 232 valence electrons. The quantitative estimate of drug-likeness (QED) is 0.181. The average molecular weight is 627 g/mol. The van der Waals surface area contributed by atoms with Crippen molar-refractivity contribution in [2.45, 2.75) is 32.1 Å². The molecule has 0 fully saturated rings. The molecule has 2 heterocycles. The fourth-order valence-electron chi connectivity index (χ4n) is 9.32. The van der Waals surface area contributed by atoms with Gasteiger partial charge in [0.2, 0.25) is 0 Å². The van der Waals surface area contributed by atoms with E-state index < -0.39 is 0 Å². The molecule has 0 saturated heterocycles. The number of hydrogen-bond acceptors (Lipinski definition) is 0. The second kappa shape index (κ2) is 9.61. The Kier molecular flexibility index (Phi) is 5.32. The summed E-state index contributed by atoms with van der Waals surface area (Å²) in [5, 5.41) is 7.78. The SMILES string of the molecule is CC1(C)c2ccccc2-c2ccc(-n3c4ccc5c6c7ccccc7ccc6n(-c6ccccc6)c5c4c4ccc5c(c43)C=CCC5)cc21. The predicted molar refractivity (Wildman–Crippen MR) is 208 cm³/mol. The number of aryl methyl sites for hydroxylation is 1. The Balaban J connectivity index is 1.33. The Morgan fingerprint density at radius 1 is 0.531 bits per heavy atom. The third-order valence-electron chi connectivity index (χ3n) is 11.5. The van der Waals surface area contributed by atoms with Gasteiger partial charge in [-0.15, -0.1) is 0 Å². The Morgan fingerprint density at radius 3 is 2.16 bits per heavy atom. The molecule has 0 spiro atoms. The molecule has 0 saturated carbocycles. The van der Waals surface area contributed by atoms with E-state index >= 15 is 0 Å². The van der Waals surface area contributed by atoms with Crippen LogP contribution < -0.4 is 0 Å². The zero-order chi connectivity index (χ0) is 32.4. The monoisotopic (exact) mass is 626 g/mol. The molecule has 0 radical (unpaired) electrons. The maximum atomic E-state index is 2.57. The molecular formula is C47H34N2. The molecule has 0 bridgehead atoms. The molecule has 49 heavy (non-hydrogen) atoms. The number of nitrogens with zero attached hydrogens (tertiary/aromatic N) is 2. The van der Waals surface area contributed by atoms with Crippen LogP contribution in [-0.4, -0.2) is 9.13 Å². The first-order chi connectivity index (χ1) is 24.1. The van der Waals surface area contributed by atoms with Crippen molar-refractivity contribution in [2.24, 2.45) is 0 Å². The van der Waals surface area contributed by atoms with E-state index in [9.17, 15) is 0 Å². The standard InChI is InChI=1S/C47H34N2/c1-47(2)39-19-11-10-18-35(39)36-24-22-32(28-40(36)47)49-42-27-25-37-43-33-16-8-6-12-29(33)21-26-41(43)48(31-14-4-3-5-15-31)46(37)44(42)38-23-20-30-13-7-9-17-34(30)45(38)49/h3-6,8-12,14-28H,7,13H2,1-2H3. The molecule has 0 atom stereocenters. The normalized spacial score (nSPS) is 14.7. The van der Waals surface area contributed by atoms with Crippen LogP contribution in [0.3, 0.4) is 0 Å². The first-order valence-electron chi connectivity index (χ1n) is 17.5. The number of para-hydroxylation sites is 1. The molecule has 2 aromatic heterocycles. The highest BCUT2D eigenvalue weighted by Gasteiger charge is 2.35. The molecule has 2 aliphatic rings. The van der Waals surface area contributed by atoms with Crippen LogP contribution in [0.1, 0.15) is 42.5 Å². The van der Waals surface area contributed by atoms with Crippen LogP contribution in [-0.2, 0) is 11.8 Å². The smallest absolute Gasteiger partial charge is 0.0641 e. The van der Waals surface area contributed by atoms with Crippen LogP contribution >= 0.6 is 0 Å². The summed E-state index contributed by atoms with van der Waals surface area (Å²) in [6.07, 6.45) is 6.89. The third-order valence-corrected chi connectivity index (χ3v) is 11.5. The second-order valence-corrected chi connectivity index (χ2v) is 14.4. The Hall–Kier alpha value is -5.86. The highest BCUT2D eigenvalue weighted by molar-refractivity contribution is 6.30. The van der Waals surface area contributed by atoms with Gasteiger partial charge in [0.1, 0.15) is 0 Å². The molecule has 2 aliphatic carbocycles. The molecule has 7 aromatic carbocycles. The minimum atomic E-state index is -0.0753. The molecule has 11 rings (SSSR count). The molecule has 0 unspecified atom stereocenters. The van der Waals surface area contributed by atoms with E-state index in [1.54, 1.807) is 0 Å². The molecular weight excluding hydrogens is 593 g/mol. The molecule has 9 aromatic rings. The van der Waals surface area contributed by atoms with Gasteiger partial charge < -0.3 is 9.13 Å². The maximum Gasteiger partial charge on any atom is 0.0641 e. The number of aromatic nitrogens is 2. The minimum absolute atomic E-state index is 0.0753. The summed E-state index contributed by atoms with van der Waals surface area (Å²) >= 11 is 0. The van der Waals surface area contributed by atoms with Crippen LogP contribution in [0.25, 0.3) is 83.0 Å². The van der Waals surface area contributed by atoms with E-state index in [0.717, 1.165) is 12.8 Å². The summed E-state index contributed by atoms with van der Waals surface area (Å²) in [4.78, 5) is 0. The van der Waals surface area contributed by atoms with E-state index in [4.69, 9.17) is 0 Å². The summed E-state index contributed by atoms with van der Waals surface area (Å²) in [6.45, 7) is 4.76. The summed E-state index contributed by atoms with van der Waals surface area (Å²) in [6, 6.07) is 50.1. The topological polar surface area (TPSA) is 9.86 Å². The Bertz CT molecular complexity index is 2890. The van der Waals surface area contributed by atoms with Crippen molar-refractivity contribution < 1.29 is 0 Å². The average Bonchev–Trinajstić information content (AvgIpc) is 3.75. The van der Waals surface area contributed by atoms with Crippen LogP contribution in [0, 0.1) is 0 Å². The van der Waals surface area contributed by atoms with E-state index in [1.807, 2.05) is 0 Å². The summed E-state index contributed by atoms with van der Waals surface area (Å²) < 4.78 is 5.09. The first-order valence-corrected chi connectivity index (χ1v) is 17.5. The molecule has 2 heteroatoms. The Morgan fingerprint density at radius 2 is 1.24 bits per heavy atom. The van der Waals surface area contributed by atoms with Crippen LogP contribution in [0.2, 0.25) is 0 Å². The van der Waals surface area contributed by atoms with Crippen LogP contribution in [0.4, 0.5) is 0 Å². The van der Waals surface area contributed by atoms with Gasteiger partial charge in [0.15, 0.2) is 0 Å². The maximum absolute atomic E-state index is 2.57. The van der Waals surface area contributed by atoms with Gasteiger partial charge in [-0.25, -0.2) is 0 Å². The van der Waals surface area contributed by atoms with Crippen molar-refractivity contribution in [1.29, 1.82) is 0 Å². The fraction of sp³-hybridized carbons (Fsp3) is 0.106. The van der Waals surface area contributed by atoms with Gasteiger partial charge in [0, 0.05) is 43.9 Å². The highest BCUT2D eigenvalue weighted by Crippen LogP contribution is 2.50. The number of rotatable bonds is 2. The van der Waals surface area contributed by atoms with E-state index in [1.165, 1.54) is 99.1 Å². The van der Waals surface area contributed by atoms with Crippen LogP contribution in [0.5, 0.6) is 0 Å². The minimum Gasteiger partial charge on any atom is -0.309 e. The number of hydrogen-bond donors (Lipinski definition) is 0. The van der Waals surface area contributed by atoms with Crippen molar-refractivity contribution in [3.05, 3.63) is 162 Å². The zero-order valence-electron chi connectivity index (χ0n) is 27.7. The van der Waals surface area contributed by atoms with Gasteiger partial charge in [0.25, 0.3) is 0 Å². The zero-order valence-corrected chi connectivity index (χ0v) is 27.7. The third kappa shape index (κ3) is 3.51. The lowest BCUT2D eigenvalue weighted by Gasteiger charge is -2.22. The first kappa shape index (κ1) is 27.1. The fourth-order valence-corrected chi connectivity index (χ4v) is 9.32. The van der Waals surface area contributed by atoms with Crippen molar-refractivity contribution in [3.63, 3.8) is 0 Å². The lowest BCUT2D eigenvalue weighted by molar-refractivity contribution is 0.660. The van der Waals surface area contributed by atoms with Gasteiger partial charge in [-0.2, -0.15) is 0 Å². The van der Waals surface area contributed by atoms with E-state index in [-0.39, 0.29) is 5.41 Å². The van der Waals surface area contributed by atoms with Crippen molar-refractivity contribution in [3.8, 4) is 22.5 Å². The lowest BCUT2D eigenvalue weighted by Crippen LogP contribution is -2.15. The van der Waals surface area contributed by atoms with Crippen molar-refractivity contribution in [2.75, 3.05) is 0 Å². The van der Waals surface area contributed by atoms with Crippen molar-refractivity contribution in [1.82, 2.24) is 9.13 Å². The van der Waals surface area contributed by atoms with Crippen LogP contribution in [0.15, 0.2) is 140 Å². The van der Waals surface area contributed by atoms with Gasteiger partial charge in [-0.05, 0) is 87.8 Å². The highest BCUT2D eigenvalue weighted by atomic mass is 15.0. The molecule has 2 nitrogen and oxygen atoms in total. The van der Waals surface area contributed by atoms with Crippen molar-refractivity contribution >= 4 is 60.5 Å². The number of fused-ring (bicyclic) bond motifs is 14. The summed E-state index contributed by atoms with van der Waals surface area (Å²) in [7, 11) is 0. The van der Waals surface area contributed by atoms with E-state index in [2.05, 4.69) is 169 Å². The van der Waals surface area contributed by atoms with Gasteiger partial charge in [-0.3, -0.25) is 0 Å². The van der Waals surface area contributed by atoms with Gasteiger partial charge >= 0.3 is 0 Å². The number of benzene rings is 7. The van der Waals surface area contributed by atoms with Gasteiger partial charge in [-0.1, -0.05) is 123 Å². The summed E-state index contributed by atoms with van der Waals surface area (Å²) in [5.41, 5.74) is 15.7. The largest absolute Gasteiger partial charge is 0.309 e. The number of allylic oxidation sites excluding steroid dienone is 1. The Labute approximate surface area is 285 Å². The molecule has 0 aliphatic heterocycles. The second-order valence-electron chi connectivity index (χ2n) is 14.4. The van der Waals surface area contributed by atoms with Gasteiger partial charge in [0.05, 0.1) is 22.1 Å². The lowest BCUT2D eigenvalue weighted by atomic mass is 9.82. The molecule has 0 amide bonds. The van der Waals surface area contributed by atoms with E-state index in [0.29, 0.717) is 0 Å². The summed E-state index contributed by atoms with van der Waals surface area (Å²) in [5.74, 6) is 0.